The number of amides is 2. The molecule has 1 fully saturated rings. The number of carbonyl (C=O) groups is 3. The maximum absolute atomic E-state index is 12.9. The van der Waals surface area contributed by atoms with E-state index in [1.165, 1.54) is 0 Å². The average Bonchev–Trinajstić information content (AvgIpc) is 2.73. The van der Waals surface area contributed by atoms with Gasteiger partial charge in [-0.05, 0) is 43.2 Å². The second kappa shape index (κ2) is 9.35. The summed E-state index contributed by atoms with van der Waals surface area (Å²) in [7, 11) is 0. The SMILES string of the molecule is CC(C)C(=O)N1CCC(NC(=O)c2ccccc2C(=O)c2ccc(Br)cc2)CC1. The molecule has 1 heterocycles. The van der Waals surface area contributed by atoms with Crippen LogP contribution in [0.5, 0.6) is 0 Å². The molecule has 0 radical (unpaired) electrons. The normalized spacial score (nSPS) is 14.7. The van der Waals surface area contributed by atoms with Crippen molar-refractivity contribution in [2.24, 2.45) is 5.92 Å². The first-order valence-electron chi connectivity index (χ1n) is 9.85. The van der Waals surface area contributed by atoms with Gasteiger partial charge >= 0.3 is 0 Å². The van der Waals surface area contributed by atoms with Crippen molar-refractivity contribution in [3.8, 4) is 0 Å². The number of piperidine rings is 1. The Morgan fingerprint density at radius 1 is 0.966 bits per heavy atom. The van der Waals surface area contributed by atoms with Gasteiger partial charge in [-0.15, -0.1) is 0 Å². The van der Waals surface area contributed by atoms with E-state index in [1.54, 1.807) is 36.4 Å². The predicted octanol–water partition coefficient (Wildman–Crippen LogP) is 4.06. The van der Waals surface area contributed by atoms with Crippen molar-refractivity contribution in [2.45, 2.75) is 32.7 Å². The molecule has 5 nitrogen and oxygen atoms in total. The van der Waals surface area contributed by atoms with Crippen LogP contribution in [-0.4, -0.2) is 41.6 Å². The first-order chi connectivity index (χ1) is 13.9. The van der Waals surface area contributed by atoms with Crippen LogP contribution in [0, 0.1) is 5.92 Å². The van der Waals surface area contributed by atoms with Crippen molar-refractivity contribution in [3.63, 3.8) is 0 Å². The van der Waals surface area contributed by atoms with Crippen LogP contribution in [0.3, 0.4) is 0 Å². The third-order valence-electron chi connectivity index (χ3n) is 5.16. The summed E-state index contributed by atoms with van der Waals surface area (Å²) in [5, 5.41) is 3.04. The van der Waals surface area contributed by atoms with Crippen LogP contribution in [0.25, 0.3) is 0 Å². The summed E-state index contributed by atoms with van der Waals surface area (Å²) in [6.45, 7) is 5.08. The predicted molar refractivity (Wildman–Crippen MR) is 116 cm³/mol. The van der Waals surface area contributed by atoms with Crippen LogP contribution in [0.4, 0.5) is 0 Å². The maximum Gasteiger partial charge on any atom is 0.252 e. The second-order valence-electron chi connectivity index (χ2n) is 7.61. The number of nitrogens with zero attached hydrogens (tertiary/aromatic N) is 1. The number of carbonyl (C=O) groups excluding carboxylic acids is 3. The molecule has 2 aromatic carbocycles. The highest BCUT2D eigenvalue weighted by molar-refractivity contribution is 9.10. The monoisotopic (exact) mass is 456 g/mol. The van der Waals surface area contributed by atoms with E-state index < -0.39 is 0 Å². The zero-order valence-corrected chi connectivity index (χ0v) is 18.2. The fraction of sp³-hybridized carbons (Fsp3) is 0.348. The Morgan fingerprint density at radius 3 is 2.14 bits per heavy atom. The molecule has 0 aliphatic carbocycles. The lowest BCUT2D eigenvalue weighted by Crippen LogP contribution is -2.47. The summed E-state index contributed by atoms with van der Waals surface area (Å²) in [6.07, 6.45) is 1.43. The van der Waals surface area contributed by atoms with E-state index in [2.05, 4.69) is 21.2 Å². The number of ketones is 1. The van der Waals surface area contributed by atoms with Gasteiger partial charge in [0.1, 0.15) is 0 Å². The summed E-state index contributed by atoms with van der Waals surface area (Å²) < 4.78 is 0.891. The maximum atomic E-state index is 12.9. The quantitative estimate of drug-likeness (QED) is 0.689. The number of rotatable bonds is 5. The molecule has 2 amide bonds. The molecule has 6 heteroatoms. The fourth-order valence-electron chi connectivity index (χ4n) is 3.51. The molecule has 1 aliphatic heterocycles. The Morgan fingerprint density at radius 2 is 1.55 bits per heavy atom. The number of hydrogen-bond acceptors (Lipinski definition) is 3. The summed E-state index contributed by atoms with van der Waals surface area (Å²) in [5.41, 5.74) is 1.30. The van der Waals surface area contributed by atoms with Gasteiger partial charge < -0.3 is 10.2 Å². The van der Waals surface area contributed by atoms with Crippen molar-refractivity contribution in [3.05, 3.63) is 69.7 Å². The van der Waals surface area contributed by atoms with Crippen molar-refractivity contribution >= 4 is 33.5 Å². The van der Waals surface area contributed by atoms with Gasteiger partial charge in [-0.3, -0.25) is 14.4 Å². The molecule has 0 spiro atoms. The molecule has 0 saturated carbocycles. The van der Waals surface area contributed by atoms with Crippen LogP contribution in [0.1, 0.15) is 53.0 Å². The topological polar surface area (TPSA) is 66.5 Å². The molecule has 1 N–H and O–H groups in total. The number of halogens is 1. The highest BCUT2D eigenvalue weighted by Crippen LogP contribution is 2.19. The van der Waals surface area contributed by atoms with Crippen LogP contribution in [-0.2, 0) is 4.79 Å². The van der Waals surface area contributed by atoms with E-state index in [9.17, 15) is 14.4 Å². The van der Waals surface area contributed by atoms with Gasteiger partial charge in [0.2, 0.25) is 5.91 Å². The summed E-state index contributed by atoms with van der Waals surface area (Å²) in [6, 6.07) is 14.0. The molecule has 0 atom stereocenters. The highest BCUT2D eigenvalue weighted by Gasteiger charge is 2.26. The van der Waals surface area contributed by atoms with Crippen molar-refractivity contribution in [2.75, 3.05) is 13.1 Å². The zero-order chi connectivity index (χ0) is 21.0. The van der Waals surface area contributed by atoms with E-state index >= 15 is 0 Å². The number of nitrogens with one attached hydrogen (secondary N) is 1. The third-order valence-corrected chi connectivity index (χ3v) is 5.69. The van der Waals surface area contributed by atoms with Gasteiger partial charge in [0.05, 0.1) is 5.56 Å². The van der Waals surface area contributed by atoms with Crippen molar-refractivity contribution in [1.82, 2.24) is 10.2 Å². The van der Waals surface area contributed by atoms with Crippen molar-refractivity contribution in [1.29, 1.82) is 0 Å². The Bertz CT molecular complexity index is 901. The van der Waals surface area contributed by atoms with Gasteiger partial charge in [-0.25, -0.2) is 0 Å². The summed E-state index contributed by atoms with van der Waals surface area (Å²) >= 11 is 3.36. The van der Waals surface area contributed by atoms with Crippen LogP contribution < -0.4 is 5.32 Å². The van der Waals surface area contributed by atoms with Gasteiger partial charge in [0.25, 0.3) is 5.91 Å². The molecule has 2 aromatic rings. The number of benzene rings is 2. The summed E-state index contributed by atoms with van der Waals surface area (Å²) in [5.74, 6) is -0.293. The minimum atomic E-state index is -0.250. The second-order valence-corrected chi connectivity index (χ2v) is 8.52. The fourth-order valence-corrected chi connectivity index (χ4v) is 3.77. The van der Waals surface area contributed by atoms with Crippen LogP contribution in [0.15, 0.2) is 53.0 Å². The molecule has 0 aromatic heterocycles. The smallest absolute Gasteiger partial charge is 0.252 e. The molecule has 29 heavy (non-hydrogen) atoms. The largest absolute Gasteiger partial charge is 0.349 e. The molecule has 0 unspecified atom stereocenters. The molecule has 0 bridgehead atoms. The molecule has 152 valence electrons. The van der Waals surface area contributed by atoms with E-state index in [-0.39, 0.29) is 29.6 Å². The molecular weight excluding hydrogens is 432 g/mol. The number of likely N-dealkylation sites (tertiary alicyclic amines) is 1. The van der Waals surface area contributed by atoms with Gasteiger partial charge in [-0.1, -0.05) is 48.0 Å². The standard InChI is InChI=1S/C23H25BrN2O3/c1-15(2)23(29)26-13-11-18(12-14-26)25-22(28)20-6-4-3-5-19(20)21(27)16-7-9-17(24)10-8-16/h3-10,15,18H,11-14H2,1-2H3,(H,25,28). The molecular formula is C23H25BrN2O3. The Hall–Kier alpha value is -2.47. The lowest BCUT2D eigenvalue weighted by Gasteiger charge is -2.33. The van der Waals surface area contributed by atoms with Crippen LogP contribution >= 0.6 is 15.9 Å². The third kappa shape index (κ3) is 5.12. The Labute approximate surface area is 179 Å². The molecule has 3 rings (SSSR count). The minimum absolute atomic E-state index is 0.00505. The van der Waals surface area contributed by atoms with Gasteiger partial charge in [0.15, 0.2) is 5.78 Å². The Kier molecular flexibility index (Phi) is 6.85. The average molecular weight is 457 g/mol. The molecule has 1 aliphatic rings. The highest BCUT2D eigenvalue weighted by atomic mass is 79.9. The first kappa shape index (κ1) is 21.2. The van der Waals surface area contributed by atoms with Gasteiger partial charge in [-0.2, -0.15) is 0 Å². The van der Waals surface area contributed by atoms with Gasteiger partial charge in [0, 0.05) is 40.6 Å². The summed E-state index contributed by atoms with van der Waals surface area (Å²) in [4.78, 5) is 39.8. The van der Waals surface area contributed by atoms with E-state index in [0.717, 1.165) is 4.47 Å². The lowest BCUT2D eigenvalue weighted by atomic mass is 9.97. The Balaban J connectivity index is 1.69. The lowest BCUT2D eigenvalue weighted by molar-refractivity contribution is -0.135. The molecule has 1 saturated heterocycles. The van der Waals surface area contributed by atoms with E-state index in [4.69, 9.17) is 0 Å². The first-order valence-corrected chi connectivity index (χ1v) is 10.6. The van der Waals surface area contributed by atoms with Crippen molar-refractivity contribution < 1.29 is 14.4 Å². The van der Waals surface area contributed by atoms with Crippen LogP contribution in [0.2, 0.25) is 0 Å². The zero-order valence-electron chi connectivity index (χ0n) is 16.7. The minimum Gasteiger partial charge on any atom is -0.349 e. The van der Waals surface area contributed by atoms with E-state index in [0.29, 0.717) is 42.6 Å². The number of hydrogen-bond donors (Lipinski definition) is 1. The van der Waals surface area contributed by atoms with E-state index in [1.807, 2.05) is 30.9 Å².